The molecule has 0 saturated carbocycles. The van der Waals surface area contributed by atoms with Crippen molar-refractivity contribution in [2.45, 2.75) is 19.4 Å². The summed E-state index contributed by atoms with van der Waals surface area (Å²) in [4.78, 5) is 11.5. The highest BCUT2D eigenvalue weighted by Crippen LogP contribution is 2.12. The van der Waals surface area contributed by atoms with Gasteiger partial charge in [0, 0.05) is 21.9 Å². The average Bonchev–Trinajstić information content (AvgIpc) is 2.17. The summed E-state index contributed by atoms with van der Waals surface area (Å²) < 4.78 is 1.07. The predicted molar refractivity (Wildman–Crippen MR) is 72.5 cm³/mol. The van der Waals surface area contributed by atoms with Crippen LogP contribution in [-0.2, 0) is 0 Å². The van der Waals surface area contributed by atoms with Gasteiger partial charge in [0.15, 0.2) is 0 Å². The Morgan fingerprint density at radius 2 is 2.31 bits per heavy atom. The maximum atomic E-state index is 11.5. The van der Waals surface area contributed by atoms with Crippen molar-refractivity contribution < 1.29 is 9.90 Å². The van der Waals surface area contributed by atoms with Gasteiger partial charge in [0.2, 0.25) is 0 Å². The van der Waals surface area contributed by atoms with Gasteiger partial charge in [-0.2, -0.15) is 0 Å². The van der Waals surface area contributed by atoms with Crippen molar-refractivity contribution in [1.29, 1.82) is 0 Å². The number of benzene rings is 1. The zero-order chi connectivity index (χ0) is 12.0. The van der Waals surface area contributed by atoms with Crippen LogP contribution in [0.2, 0.25) is 0 Å². The minimum atomic E-state index is -0.247. The fraction of sp³-hybridized carbons (Fsp3) is 0.364. The quantitative estimate of drug-likeness (QED) is 0.739. The number of carbonyl (C=O) groups excluding carboxylic acids is 1. The summed E-state index contributed by atoms with van der Waals surface area (Å²) in [6, 6.07) is 7.28. The van der Waals surface area contributed by atoms with E-state index in [1.54, 1.807) is 0 Å². The highest BCUT2D eigenvalue weighted by atomic mass is 127. The summed E-state index contributed by atoms with van der Waals surface area (Å²) in [5, 5.41) is 14.2. The van der Waals surface area contributed by atoms with Gasteiger partial charge in [-0.3, -0.25) is 0 Å². The molecular weight excluding hydrogens is 319 g/mol. The van der Waals surface area contributed by atoms with Crippen molar-refractivity contribution in [3.63, 3.8) is 0 Å². The lowest BCUT2D eigenvalue weighted by atomic mass is 10.2. The summed E-state index contributed by atoms with van der Waals surface area (Å²) in [7, 11) is 0. The van der Waals surface area contributed by atoms with E-state index in [-0.39, 0.29) is 18.7 Å². The molecule has 0 radical (unpaired) electrons. The Morgan fingerprint density at radius 1 is 1.56 bits per heavy atom. The molecule has 88 valence electrons. The molecule has 0 unspecified atom stereocenters. The van der Waals surface area contributed by atoms with Crippen molar-refractivity contribution in [1.82, 2.24) is 5.32 Å². The first-order valence-electron chi connectivity index (χ1n) is 5.05. The highest BCUT2D eigenvalue weighted by Gasteiger charge is 2.06. The largest absolute Gasteiger partial charge is 0.396 e. The number of urea groups is 1. The number of aliphatic hydroxyl groups is 1. The number of halogens is 1. The highest BCUT2D eigenvalue weighted by molar-refractivity contribution is 14.1. The van der Waals surface area contributed by atoms with Crippen LogP contribution in [0.5, 0.6) is 0 Å². The smallest absolute Gasteiger partial charge is 0.319 e. The average molecular weight is 334 g/mol. The predicted octanol–water partition coefficient (Wildman–Crippen LogP) is 2.18. The van der Waals surface area contributed by atoms with E-state index in [0.29, 0.717) is 6.42 Å². The molecule has 0 bridgehead atoms. The van der Waals surface area contributed by atoms with Crippen LogP contribution in [0, 0.1) is 3.57 Å². The van der Waals surface area contributed by atoms with Crippen molar-refractivity contribution >= 4 is 34.3 Å². The summed E-state index contributed by atoms with van der Waals surface area (Å²) in [5.41, 5.74) is 0.764. The molecule has 0 fully saturated rings. The van der Waals surface area contributed by atoms with Gasteiger partial charge in [0.05, 0.1) is 0 Å². The maximum absolute atomic E-state index is 11.5. The molecule has 4 nitrogen and oxygen atoms in total. The summed E-state index contributed by atoms with van der Waals surface area (Å²) >= 11 is 2.19. The van der Waals surface area contributed by atoms with Gasteiger partial charge in [-0.05, 0) is 54.1 Å². The van der Waals surface area contributed by atoms with E-state index in [0.717, 1.165) is 9.26 Å². The van der Waals surface area contributed by atoms with Crippen LogP contribution in [0.25, 0.3) is 0 Å². The molecule has 5 heteroatoms. The number of hydrogen-bond donors (Lipinski definition) is 3. The lowest BCUT2D eigenvalue weighted by Gasteiger charge is -2.13. The van der Waals surface area contributed by atoms with Crippen LogP contribution >= 0.6 is 22.6 Å². The van der Waals surface area contributed by atoms with Crippen molar-refractivity contribution in [2.24, 2.45) is 0 Å². The number of anilines is 1. The third kappa shape index (κ3) is 4.80. The number of nitrogens with one attached hydrogen (secondary N) is 2. The van der Waals surface area contributed by atoms with Crippen molar-refractivity contribution in [3.05, 3.63) is 27.8 Å². The standard InChI is InChI=1S/C11H15IN2O2/c1-8(5-6-15)13-11(16)14-10-4-2-3-9(12)7-10/h2-4,7-8,15H,5-6H2,1H3,(H2,13,14,16)/t8-/m1/s1. The van der Waals surface area contributed by atoms with E-state index in [1.165, 1.54) is 0 Å². The zero-order valence-corrected chi connectivity index (χ0v) is 11.2. The second kappa shape index (κ2) is 6.70. The second-order valence-corrected chi connectivity index (χ2v) is 4.77. The molecule has 0 saturated heterocycles. The van der Waals surface area contributed by atoms with Crippen LogP contribution in [-0.4, -0.2) is 23.8 Å². The topological polar surface area (TPSA) is 61.4 Å². The summed E-state index contributed by atoms with van der Waals surface area (Å²) in [6.07, 6.45) is 0.555. The van der Waals surface area contributed by atoms with E-state index in [9.17, 15) is 4.79 Å². The first-order chi connectivity index (χ1) is 7.61. The third-order valence-electron chi connectivity index (χ3n) is 2.02. The molecule has 0 aliphatic rings. The molecule has 1 aromatic carbocycles. The van der Waals surface area contributed by atoms with Gasteiger partial charge in [-0.1, -0.05) is 6.07 Å². The molecule has 1 aromatic rings. The number of aliphatic hydroxyl groups excluding tert-OH is 1. The Kier molecular flexibility index (Phi) is 5.54. The molecule has 0 heterocycles. The van der Waals surface area contributed by atoms with Crippen LogP contribution < -0.4 is 10.6 Å². The van der Waals surface area contributed by atoms with E-state index >= 15 is 0 Å². The zero-order valence-electron chi connectivity index (χ0n) is 9.03. The molecule has 2 amide bonds. The third-order valence-corrected chi connectivity index (χ3v) is 2.69. The molecule has 1 rings (SSSR count). The molecule has 1 atom stereocenters. The summed E-state index contributed by atoms with van der Waals surface area (Å²) in [6.45, 7) is 1.93. The molecular formula is C11H15IN2O2. The van der Waals surface area contributed by atoms with Gasteiger partial charge < -0.3 is 15.7 Å². The number of carbonyl (C=O) groups is 1. The van der Waals surface area contributed by atoms with Crippen LogP contribution in [0.15, 0.2) is 24.3 Å². The van der Waals surface area contributed by atoms with Gasteiger partial charge in [-0.25, -0.2) is 4.79 Å². The Balaban J connectivity index is 2.45. The first kappa shape index (κ1) is 13.2. The Morgan fingerprint density at radius 3 is 2.94 bits per heavy atom. The van der Waals surface area contributed by atoms with E-state index in [4.69, 9.17) is 5.11 Å². The Hall–Kier alpha value is -0.820. The van der Waals surface area contributed by atoms with E-state index in [1.807, 2.05) is 31.2 Å². The van der Waals surface area contributed by atoms with Crippen LogP contribution in [0.1, 0.15) is 13.3 Å². The number of amides is 2. The summed E-state index contributed by atoms with van der Waals surface area (Å²) in [5.74, 6) is 0. The monoisotopic (exact) mass is 334 g/mol. The number of rotatable bonds is 4. The first-order valence-corrected chi connectivity index (χ1v) is 6.13. The lowest BCUT2D eigenvalue weighted by molar-refractivity contribution is 0.241. The normalized spacial score (nSPS) is 11.9. The van der Waals surface area contributed by atoms with Crippen LogP contribution in [0.3, 0.4) is 0 Å². The van der Waals surface area contributed by atoms with Crippen molar-refractivity contribution in [3.8, 4) is 0 Å². The Bertz CT molecular complexity index is 358. The minimum absolute atomic E-state index is 0.0345. The lowest BCUT2D eigenvalue weighted by Crippen LogP contribution is -2.36. The fourth-order valence-corrected chi connectivity index (χ4v) is 1.77. The SMILES string of the molecule is C[C@H](CCO)NC(=O)Nc1cccc(I)c1. The second-order valence-electron chi connectivity index (χ2n) is 3.52. The molecule has 0 aliphatic carbocycles. The van der Waals surface area contributed by atoms with Crippen LogP contribution in [0.4, 0.5) is 10.5 Å². The van der Waals surface area contributed by atoms with E-state index in [2.05, 4.69) is 33.2 Å². The van der Waals surface area contributed by atoms with Gasteiger partial charge in [0.25, 0.3) is 0 Å². The molecule has 3 N–H and O–H groups in total. The van der Waals surface area contributed by atoms with Gasteiger partial charge >= 0.3 is 6.03 Å². The van der Waals surface area contributed by atoms with Gasteiger partial charge in [-0.15, -0.1) is 0 Å². The maximum Gasteiger partial charge on any atom is 0.319 e. The Labute approximate surface area is 109 Å². The molecule has 0 aliphatic heterocycles. The van der Waals surface area contributed by atoms with Crippen molar-refractivity contribution in [2.75, 3.05) is 11.9 Å². The molecule has 0 aromatic heterocycles. The number of hydrogen-bond acceptors (Lipinski definition) is 2. The van der Waals surface area contributed by atoms with Gasteiger partial charge in [0.1, 0.15) is 0 Å². The molecule has 16 heavy (non-hydrogen) atoms. The minimum Gasteiger partial charge on any atom is -0.396 e. The van der Waals surface area contributed by atoms with E-state index < -0.39 is 0 Å². The molecule has 0 spiro atoms. The fourth-order valence-electron chi connectivity index (χ4n) is 1.22.